The van der Waals surface area contributed by atoms with E-state index >= 15 is 0 Å². The number of aryl methyl sites for hydroxylation is 1. The van der Waals surface area contributed by atoms with Crippen LogP contribution < -0.4 is 0 Å². The summed E-state index contributed by atoms with van der Waals surface area (Å²) in [5.41, 5.74) is 4.44. The molecule has 2 heterocycles. The third-order valence-corrected chi connectivity index (χ3v) is 4.60. The van der Waals surface area contributed by atoms with Gasteiger partial charge in [-0.2, -0.15) is 0 Å². The number of fused-ring (bicyclic) bond motifs is 1. The Bertz CT molecular complexity index is 885. The Morgan fingerprint density at radius 1 is 0.905 bits per heavy atom. The molecule has 0 unspecified atom stereocenters. The van der Waals surface area contributed by atoms with E-state index in [0.717, 1.165) is 22.4 Å². The van der Waals surface area contributed by atoms with E-state index in [2.05, 4.69) is 59.4 Å². The van der Waals surface area contributed by atoms with E-state index in [1.54, 1.807) is 0 Å². The van der Waals surface area contributed by atoms with Crippen molar-refractivity contribution in [3.8, 4) is 21.8 Å². The largest absolute Gasteiger partial charge is 0.338 e. The van der Waals surface area contributed by atoms with E-state index < -0.39 is 0 Å². The molecule has 4 aromatic rings. The Kier molecular flexibility index (Phi) is 2.86. The summed E-state index contributed by atoms with van der Waals surface area (Å²) in [5, 5.41) is 0. The van der Waals surface area contributed by atoms with Gasteiger partial charge in [0, 0.05) is 15.3 Å². The average Bonchev–Trinajstić information content (AvgIpc) is 3.13. The molecule has 1 N–H and O–H groups in total. The highest BCUT2D eigenvalue weighted by Crippen LogP contribution is 2.30. The van der Waals surface area contributed by atoms with E-state index in [-0.39, 0.29) is 0 Å². The van der Waals surface area contributed by atoms with E-state index in [4.69, 9.17) is 0 Å². The predicted molar refractivity (Wildman–Crippen MR) is 89.6 cm³/mol. The first-order valence-electron chi connectivity index (χ1n) is 6.91. The molecule has 4 rings (SSSR count). The van der Waals surface area contributed by atoms with Crippen LogP contribution >= 0.6 is 11.3 Å². The highest BCUT2D eigenvalue weighted by atomic mass is 32.1. The minimum atomic E-state index is 0.923. The van der Waals surface area contributed by atoms with Crippen molar-refractivity contribution in [2.75, 3.05) is 0 Å². The average molecular weight is 290 g/mol. The molecule has 21 heavy (non-hydrogen) atoms. The quantitative estimate of drug-likeness (QED) is 0.535. The van der Waals surface area contributed by atoms with Gasteiger partial charge in [0.15, 0.2) is 0 Å². The van der Waals surface area contributed by atoms with Gasteiger partial charge in [0.1, 0.15) is 5.82 Å². The Morgan fingerprint density at radius 2 is 1.76 bits per heavy atom. The van der Waals surface area contributed by atoms with Gasteiger partial charge in [-0.05, 0) is 42.8 Å². The smallest absolute Gasteiger partial charge is 0.138 e. The van der Waals surface area contributed by atoms with Crippen molar-refractivity contribution >= 4 is 22.4 Å². The van der Waals surface area contributed by atoms with Crippen molar-refractivity contribution in [1.29, 1.82) is 0 Å². The van der Waals surface area contributed by atoms with Gasteiger partial charge < -0.3 is 4.98 Å². The van der Waals surface area contributed by atoms with Crippen LogP contribution in [0.25, 0.3) is 32.9 Å². The molecule has 2 aromatic heterocycles. The molecule has 0 atom stereocenters. The number of benzene rings is 2. The zero-order valence-electron chi connectivity index (χ0n) is 11.6. The van der Waals surface area contributed by atoms with Crippen molar-refractivity contribution in [3.63, 3.8) is 0 Å². The lowest BCUT2D eigenvalue weighted by Crippen LogP contribution is -1.81. The van der Waals surface area contributed by atoms with Crippen LogP contribution in [0.2, 0.25) is 0 Å². The van der Waals surface area contributed by atoms with Gasteiger partial charge in [-0.1, -0.05) is 30.3 Å². The standard InChI is InChI=1S/C18H14N2S/c1-12-9-10-17(21-12)13-5-4-6-14(11-13)18-19-15-7-2-3-8-16(15)20-18/h2-11H,1H3,(H,19,20). The molecule has 0 aliphatic carbocycles. The van der Waals surface area contributed by atoms with Crippen LogP contribution in [0.3, 0.4) is 0 Å². The monoisotopic (exact) mass is 290 g/mol. The summed E-state index contributed by atoms with van der Waals surface area (Å²) in [4.78, 5) is 10.7. The number of aromatic amines is 1. The van der Waals surface area contributed by atoms with Crippen LogP contribution in [0.1, 0.15) is 4.88 Å². The summed E-state index contributed by atoms with van der Waals surface area (Å²) in [6, 6.07) is 21.0. The summed E-state index contributed by atoms with van der Waals surface area (Å²) in [6.45, 7) is 2.14. The predicted octanol–water partition coefficient (Wildman–Crippen LogP) is 5.27. The van der Waals surface area contributed by atoms with Crippen molar-refractivity contribution < 1.29 is 0 Å². The van der Waals surface area contributed by atoms with Gasteiger partial charge in [0.2, 0.25) is 0 Å². The number of nitrogens with one attached hydrogen (secondary N) is 1. The minimum Gasteiger partial charge on any atom is -0.338 e. The van der Waals surface area contributed by atoms with Crippen molar-refractivity contribution in [1.82, 2.24) is 9.97 Å². The Balaban J connectivity index is 1.81. The highest BCUT2D eigenvalue weighted by molar-refractivity contribution is 7.15. The number of hydrogen-bond acceptors (Lipinski definition) is 2. The fraction of sp³-hybridized carbons (Fsp3) is 0.0556. The minimum absolute atomic E-state index is 0.923. The van der Waals surface area contributed by atoms with Crippen molar-refractivity contribution in [3.05, 3.63) is 65.5 Å². The number of hydrogen-bond donors (Lipinski definition) is 1. The Morgan fingerprint density at radius 3 is 2.57 bits per heavy atom. The lowest BCUT2D eigenvalue weighted by molar-refractivity contribution is 1.34. The van der Waals surface area contributed by atoms with Crippen molar-refractivity contribution in [2.24, 2.45) is 0 Å². The number of thiophene rings is 1. The van der Waals surface area contributed by atoms with Gasteiger partial charge in [0.05, 0.1) is 11.0 Å². The maximum Gasteiger partial charge on any atom is 0.138 e. The molecule has 0 aliphatic rings. The van der Waals surface area contributed by atoms with Gasteiger partial charge in [-0.3, -0.25) is 0 Å². The summed E-state index contributed by atoms with van der Waals surface area (Å²) in [7, 11) is 0. The summed E-state index contributed by atoms with van der Waals surface area (Å²) >= 11 is 1.82. The van der Waals surface area contributed by atoms with Crippen LogP contribution in [0.4, 0.5) is 0 Å². The van der Waals surface area contributed by atoms with Crippen molar-refractivity contribution in [2.45, 2.75) is 6.92 Å². The fourth-order valence-corrected chi connectivity index (χ4v) is 3.36. The third kappa shape index (κ3) is 2.26. The second-order valence-electron chi connectivity index (χ2n) is 5.09. The molecule has 0 aliphatic heterocycles. The van der Waals surface area contributed by atoms with Crippen LogP contribution in [-0.4, -0.2) is 9.97 Å². The molecule has 0 saturated carbocycles. The van der Waals surface area contributed by atoms with Crippen LogP contribution in [0.5, 0.6) is 0 Å². The number of rotatable bonds is 2. The third-order valence-electron chi connectivity index (χ3n) is 3.55. The number of imidazole rings is 1. The van der Waals surface area contributed by atoms with Gasteiger partial charge in [0.25, 0.3) is 0 Å². The zero-order chi connectivity index (χ0) is 14.2. The molecule has 0 radical (unpaired) electrons. The van der Waals surface area contributed by atoms with E-state index in [1.165, 1.54) is 15.3 Å². The molecule has 0 bridgehead atoms. The van der Waals surface area contributed by atoms with Crippen LogP contribution in [0, 0.1) is 6.92 Å². The van der Waals surface area contributed by atoms with Gasteiger partial charge in [-0.15, -0.1) is 11.3 Å². The number of nitrogens with zero attached hydrogens (tertiary/aromatic N) is 1. The van der Waals surface area contributed by atoms with Crippen LogP contribution in [0.15, 0.2) is 60.7 Å². The molecular weight excluding hydrogens is 276 g/mol. The molecular formula is C18H14N2S. The molecule has 0 amide bonds. The summed E-state index contributed by atoms with van der Waals surface area (Å²) in [6.07, 6.45) is 0. The molecule has 3 heteroatoms. The first-order valence-corrected chi connectivity index (χ1v) is 7.73. The molecule has 102 valence electrons. The second kappa shape index (κ2) is 4.86. The molecule has 0 saturated heterocycles. The maximum absolute atomic E-state index is 4.67. The topological polar surface area (TPSA) is 28.7 Å². The number of aromatic nitrogens is 2. The van der Waals surface area contributed by atoms with E-state index in [9.17, 15) is 0 Å². The highest BCUT2D eigenvalue weighted by Gasteiger charge is 2.07. The Hall–Kier alpha value is -2.39. The normalized spacial score (nSPS) is 11.1. The fourth-order valence-electron chi connectivity index (χ4n) is 2.50. The number of H-pyrrole nitrogens is 1. The molecule has 0 spiro atoms. The first kappa shape index (κ1) is 12.4. The summed E-state index contributed by atoms with van der Waals surface area (Å²) in [5.74, 6) is 0.923. The molecule has 0 fully saturated rings. The lowest BCUT2D eigenvalue weighted by Gasteiger charge is -2.01. The van der Waals surface area contributed by atoms with Gasteiger partial charge in [-0.25, -0.2) is 4.98 Å². The lowest BCUT2D eigenvalue weighted by atomic mass is 10.1. The molecule has 2 aromatic carbocycles. The maximum atomic E-state index is 4.67. The SMILES string of the molecule is Cc1ccc(-c2cccc(-c3nc4ccccc4[nH]3)c2)s1. The van der Waals surface area contributed by atoms with Crippen LogP contribution in [-0.2, 0) is 0 Å². The van der Waals surface area contributed by atoms with E-state index in [1.807, 2.05) is 29.5 Å². The first-order chi connectivity index (χ1) is 10.3. The Labute approximate surface area is 127 Å². The second-order valence-corrected chi connectivity index (χ2v) is 6.38. The zero-order valence-corrected chi connectivity index (χ0v) is 12.4. The summed E-state index contributed by atoms with van der Waals surface area (Å²) < 4.78 is 0. The van der Waals surface area contributed by atoms with E-state index in [0.29, 0.717) is 0 Å². The number of para-hydroxylation sites is 2. The van der Waals surface area contributed by atoms with Gasteiger partial charge >= 0.3 is 0 Å². The molecule has 2 nitrogen and oxygen atoms in total.